The molecule has 2 rings (SSSR count). The van der Waals surface area contributed by atoms with Crippen molar-refractivity contribution in [3.8, 4) is 0 Å². The fourth-order valence-corrected chi connectivity index (χ4v) is 3.46. The quantitative estimate of drug-likeness (QED) is 0.758. The van der Waals surface area contributed by atoms with Crippen molar-refractivity contribution in [2.45, 2.75) is 51.1 Å². The number of rotatable bonds is 7. The molecule has 25 heavy (non-hydrogen) atoms. The van der Waals surface area contributed by atoms with Crippen LogP contribution in [0.25, 0.3) is 11.1 Å². The molecule has 138 valence electrons. The fourth-order valence-electron chi connectivity index (χ4n) is 2.93. The minimum Gasteiger partial charge on any atom is -0.408 e. The molecule has 8 nitrogen and oxygen atoms in total. The number of carbonyl (C=O) groups is 1. The highest BCUT2D eigenvalue weighted by Gasteiger charge is 2.19. The third kappa shape index (κ3) is 4.29. The summed E-state index contributed by atoms with van der Waals surface area (Å²) < 4.78 is 29.0. The van der Waals surface area contributed by atoms with Crippen LogP contribution in [0.4, 0.5) is 0 Å². The van der Waals surface area contributed by atoms with E-state index in [0.29, 0.717) is 11.4 Å². The second-order valence-electron chi connectivity index (χ2n) is 6.06. The van der Waals surface area contributed by atoms with Gasteiger partial charge in [0, 0.05) is 12.1 Å². The average molecular weight is 369 g/mol. The SMILES string of the molecule is CCC(CC)C(C)NC(=O)Cn1c(=O)oc2cc(S(N)(=O)=O)ccc21. The van der Waals surface area contributed by atoms with Crippen molar-refractivity contribution in [1.82, 2.24) is 9.88 Å². The number of sulfonamides is 1. The molecule has 0 saturated heterocycles. The summed E-state index contributed by atoms with van der Waals surface area (Å²) in [5.41, 5.74) is 0.403. The van der Waals surface area contributed by atoms with Crippen molar-refractivity contribution in [2.24, 2.45) is 11.1 Å². The maximum atomic E-state index is 12.3. The maximum Gasteiger partial charge on any atom is 0.420 e. The molecule has 0 bridgehead atoms. The Morgan fingerprint density at radius 1 is 1.32 bits per heavy atom. The molecule has 1 atom stereocenters. The van der Waals surface area contributed by atoms with Crippen LogP contribution in [0.15, 0.2) is 32.3 Å². The van der Waals surface area contributed by atoms with E-state index in [4.69, 9.17) is 9.56 Å². The lowest BCUT2D eigenvalue weighted by Gasteiger charge is -2.22. The fraction of sp³-hybridized carbons (Fsp3) is 0.500. The summed E-state index contributed by atoms with van der Waals surface area (Å²) in [5, 5.41) is 7.96. The lowest BCUT2D eigenvalue weighted by Crippen LogP contribution is -2.40. The summed E-state index contributed by atoms with van der Waals surface area (Å²) in [7, 11) is -3.90. The summed E-state index contributed by atoms with van der Waals surface area (Å²) in [6.07, 6.45) is 1.89. The van der Waals surface area contributed by atoms with Gasteiger partial charge in [-0.25, -0.2) is 18.4 Å². The third-order valence-corrected chi connectivity index (χ3v) is 5.33. The van der Waals surface area contributed by atoms with E-state index < -0.39 is 15.8 Å². The van der Waals surface area contributed by atoms with Crippen molar-refractivity contribution in [2.75, 3.05) is 0 Å². The first-order valence-electron chi connectivity index (χ1n) is 8.12. The smallest absolute Gasteiger partial charge is 0.408 e. The average Bonchev–Trinajstić information content (AvgIpc) is 2.82. The first-order valence-corrected chi connectivity index (χ1v) is 9.67. The minimum absolute atomic E-state index is 0.00893. The summed E-state index contributed by atoms with van der Waals surface area (Å²) >= 11 is 0. The number of fused-ring (bicyclic) bond motifs is 1. The Morgan fingerprint density at radius 3 is 2.52 bits per heavy atom. The van der Waals surface area contributed by atoms with E-state index >= 15 is 0 Å². The van der Waals surface area contributed by atoms with E-state index in [1.165, 1.54) is 18.2 Å². The van der Waals surface area contributed by atoms with Gasteiger partial charge in [0.2, 0.25) is 15.9 Å². The second kappa shape index (κ2) is 7.40. The van der Waals surface area contributed by atoms with Gasteiger partial charge in [0.05, 0.1) is 10.4 Å². The Hall–Kier alpha value is -2.13. The van der Waals surface area contributed by atoms with E-state index in [1.807, 2.05) is 6.92 Å². The van der Waals surface area contributed by atoms with Crippen LogP contribution in [0.3, 0.4) is 0 Å². The number of nitrogens with one attached hydrogen (secondary N) is 1. The third-order valence-electron chi connectivity index (χ3n) is 4.41. The molecule has 0 radical (unpaired) electrons. The Morgan fingerprint density at radius 2 is 1.96 bits per heavy atom. The first-order chi connectivity index (χ1) is 11.7. The van der Waals surface area contributed by atoms with Crippen LogP contribution in [0, 0.1) is 5.92 Å². The molecule has 0 fully saturated rings. The number of amides is 1. The number of aromatic nitrogens is 1. The van der Waals surface area contributed by atoms with Crippen LogP contribution in [-0.2, 0) is 21.4 Å². The van der Waals surface area contributed by atoms with Crippen LogP contribution in [-0.4, -0.2) is 24.9 Å². The first kappa shape index (κ1) is 19.2. The van der Waals surface area contributed by atoms with Crippen LogP contribution >= 0.6 is 0 Å². The van der Waals surface area contributed by atoms with Gasteiger partial charge in [0.1, 0.15) is 6.54 Å². The summed E-state index contributed by atoms with van der Waals surface area (Å²) in [5.74, 6) is -0.675. The number of carbonyl (C=O) groups excluding carboxylic acids is 1. The van der Waals surface area contributed by atoms with Crippen LogP contribution in [0.5, 0.6) is 0 Å². The van der Waals surface area contributed by atoms with Gasteiger partial charge in [-0.1, -0.05) is 26.7 Å². The molecule has 0 spiro atoms. The molecule has 1 aromatic carbocycles. The number of nitrogens with zero attached hydrogens (tertiary/aromatic N) is 1. The number of primary sulfonamides is 1. The van der Waals surface area contributed by atoms with Gasteiger partial charge in [-0.15, -0.1) is 0 Å². The monoisotopic (exact) mass is 369 g/mol. The van der Waals surface area contributed by atoms with Crippen molar-refractivity contribution in [1.29, 1.82) is 0 Å². The van der Waals surface area contributed by atoms with E-state index in [-0.39, 0.29) is 29.0 Å². The van der Waals surface area contributed by atoms with Gasteiger partial charge < -0.3 is 9.73 Å². The Balaban J connectivity index is 2.25. The Bertz CT molecular complexity index is 925. The van der Waals surface area contributed by atoms with Gasteiger partial charge in [0.25, 0.3) is 0 Å². The molecule has 0 saturated carbocycles. The highest BCUT2D eigenvalue weighted by Crippen LogP contribution is 2.18. The predicted octanol–water partition coefficient (Wildman–Crippen LogP) is 1.18. The van der Waals surface area contributed by atoms with E-state index in [2.05, 4.69) is 19.2 Å². The van der Waals surface area contributed by atoms with E-state index in [0.717, 1.165) is 17.4 Å². The van der Waals surface area contributed by atoms with Crippen molar-refractivity contribution in [3.05, 3.63) is 28.7 Å². The number of benzene rings is 1. The highest BCUT2D eigenvalue weighted by molar-refractivity contribution is 7.89. The normalized spacial score (nSPS) is 13.3. The molecule has 9 heteroatoms. The zero-order chi connectivity index (χ0) is 18.8. The number of hydrogen-bond donors (Lipinski definition) is 2. The van der Waals surface area contributed by atoms with Gasteiger partial charge in [-0.2, -0.15) is 0 Å². The molecule has 1 unspecified atom stereocenters. The van der Waals surface area contributed by atoms with Crippen molar-refractivity contribution in [3.63, 3.8) is 0 Å². The number of nitrogens with two attached hydrogens (primary N) is 1. The summed E-state index contributed by atoms with van der Waals surface area (Å²) in [6.45, 7) is 5.86. The van der Waals surface area contributed by atoms with Gasteiger partial charge in [0.15, 0.2) is 5.58 Å². The Labute approximate surface area is 146 Å². The van der Waals surface area contributed by atoms with E-state index in [1.54, 1.807) is 0 Å². The number of hydrogen-bond acceptors (Lipinski definition) is 5. The lowest BCUT2D eigenvalue weighted by atomic mass is 9.95. The van der Waals surface area contributed by atoms with Crippen molar-refractivity contribution < 1.29 is 17.6 Å². The summed E-state index contributed by atoms with van der Waals surface area (Å²) in [6, 6.07) is 3.84. The molecule has 1 aromatic heterocycles. The van der Waals surface area contributed by atoms with Crippen LogP contribution in [0.1, 0.15) is 33.6 Å². The van der Waals surface area contributed by atoms with Gasteiger partial charge in [-0.3, -0.25) is 9.36 Å². The molecule has 2 aromatic rings. The van der Waals surface area contributed by atoms with Crippen molar-refractivity contribution >= 4 is 27.0 Å². The number of oxazole rings is 1. The highest BCUT2D eigenvalue weighted by atomic mass is 32.2. The molecule has 0 aliphatic carbocycles. The molecule has 0 aliphatic heterocycles. The molecular formula is C16H23N3O5S. The molecule has 1 amide bonds. The minimum atomic E-state index is -3.90. The zero-order valence-electron chi connectivity index (χ0n) is 14.5. The lowest BCUT2D eigenvalue weighted by molar-refractivity contribution is -0.122. The molecule has 3 N–H and O–H groups in total. The topological polar surface area (TPSA) is 124 Å². The largest absolute Gasteiger partial charge is 0.420 e. The standard InChI is InChI=1S/C16H23N3O5S/c1-4-11(5-2)10(3)18-15(20)9-19-13-7-6-12(25(17,22)23)8-14(13)24-16(19)21/h6-8,10-11H,4-5,9H2,1-3H3,(H,18,20)(H2,17,22,23). The predicted molar refractivity (Wildman–Crippen MR) is 93.5 cm³/mol. The summed E-state index contributed by atoms with van der Waals surface area (Å²) in [4.78, 5) is 24.1. The van der Waals surface area contributed by atoms with E-state index in [9.17, 15) is 18.0 Å². The molecule has 0 aliphatic rings. The molecular weight excluding hydrogens is 346 g/mol. The van der Waals surface area contributed by atoms with Gasteiger partial charge in [-0.05, 0) is 25.0 Å². The molecule has 1 heterocycles. The second-order valence-corrected chi connectivity index (χ2v) is 7.62. The zero-order valence-corrected chi connectivity index (χ0v) is 15.3. The van der Waals surface area contributed by atoms with Crippen LogP contribution in [0.2, 0.25) is 0 Å². The maximum absolute atomic E-state index is 12.3. The Kier molecular flexibility index (Phi) is 5.69. The van der Waals surface area contributed by atoms with Gasteiger partial charge >= 0.3 is 5.76 Å². The van der Waals surface area contributed by atoms with Crippen LogP contribution < -0.4 is 16.2 Å².